The Hall–Kier alpha value is -2.66. The zero-order valence-electron chi connectivity index (χ0n) is 13.4. The van der Waals surface area contributed by atoms with Crippen LogP contribution in [-0.2, 0) is 6.61 Å². The molecule has 1 aliphatic rings. The van der Waals surface area contributed by atoms with Gasteiger partial charge in [-0.2, -0.15) is 0 Å². The van der Waals surface area contributed by atoms with E-state index in [0.717, 1.165) is 33.0 Å². The van der Waals surface area contributed by atoms with Gasteiger partial charge in [-0.15, -0.1) is 0 Å². The van der Waals surface area contributed by atoms with E-state index in [0.29, 0.717) is 17.3 Å². The van der Waals surface area contributed by atoms with Crippen molar-refractivity contribution >= 4 is 22.4 Å². The van der Waals surface area contributed by atoms with Gasteiger partial charge in [0.25, 0.3) is 5.91 Å². The average molecular weight is 336 g/mol. The first-order valence-electron chi connectivity index (χ1n) is 7.72. The van der Waals surface area contributed by atoms with Gasteiger partial charge in [0.2, 0.25) is 0 Å². The molecule has 1 amide bonds. The number of nitrogens with zero attached hydrogens (tertiary/aromatic N) is 1. The zero-order valence-corrected chi connectivity index (χ0v) is 14.2. The predicted octanol–water partition coefficient (Wildman–Crippen LogP) is 4.57. The Labute approximate surface area is 144 Å². The molecule has 1 N–H and O–H groups in total. The SMILES string of the molecule is Cc1ccc(C(=O)Nc2nc3c(s2)COc2ccccc2-3)c(C)c1. The molecule has 4 nitrogen and oxygen atoms in total. The molecular formula is C19H16N2O2S. The molecule has 0 unspecified atom stereocenters. The molecule has 0 fully saturated rings. The number of anilines is 1. The lowest BCUT2D eigenvalue weighted by atomic mass is 10.1. The Morgan fingerprint density at radius 3 is 2.88 bits per heavy atom. The van der Waals surface area contributed by atoms with Crippen LogP contribution in [-0.4, -0.2) is 10.9 Å². The van der Waals surface area contributed by atoms with E-state index in [2.05, 4.69) is 10.3 Å². The van der Waals surface area contributed by atoms with E-state index >= 15 is 0 Å². The molecule has 1 aromatic heterocycles. The molecule has 0 atom stereocenters. The molecule has 120 valence electrons. The highest BCUT2D eigenvalue weighted by Crippen LogP contribution is 2.40. The van der Waals surface area contributed by atoms with Crippen molar-refractivity contribution in [1.82, 2.24) is 4.98 Å². The number of benzene rings is 2. The summed E-state index contributed by atoms with van der Waals surface area (Å²) >= 11 is 1.46. The molecule has 0 saturated carbocycles. The minimum Gasteiger partial charge on any atom is -0.487 e. The average Bonchev–Trinajstić information content (AvgIpc) is 2.97. The number of aromatic nitrogens is 1. The predicted molar refractivity (Wildman–Crippen MR) is 95.8 cm³/mol. The third-order valence-corrected chi connectivity index (χ3v) is 4.99. The number of amides is 1. The minimum absolute atomic E-state index is 0.132. The van der Waals surface area contributed by atoms with Gasteiger partial charge in [-0.3, -0.25) is 10.1 Å². The molecule has 0 spiro atoms. The van der Waals surface area contributed by atoms with Crippen molar-refractivity contribution in [3.63, 3.8) is 0 Å². The smallest absolute Gasteiger partial charge is 0.257 e. The summed E-state index contributed by atoms with van der Waals surface area (Å²) in [6.45, 7) is 4.45. The van der Waals surface area contributed by atoms with Gasteiger partial charge in [-0.1, -0.05) is 41.2 Å². The number of hydrogen-bond acceptors (Lipinski definition) is 4. The number of carbonyl (C=O) groups excluding carboxylic acids is 1. The number of rotatable bonds is 2. The molecule has 4 rings (SSSR count). The summed E-state index contributed by atoms with van der Waals surface area (Å²) in [6, 6.07) is 13.6. The summed E-state index contributed by atoms with van der Waals surface area (Å²) in [7, 11) is 0. The number of para-hydroxylation sites is 1. The summed E-state index contributed by atoms with van der Waals surface area (Å²) < 4.78 is 5.74. The molecular weight excluding hydrogens is 320 g/mol. The van der Waals surface area contributed by atoms with Gasteiger partial charge in [0.05, 0.1) is 10.6 Å². The first kappa shape index (κ1) is 14.9. The summed E-state index contributed by atoms with van der Waals surface area (Å²) in [5, 5.41) is 3.52. The lowest BCUT2D eigenvalue weighted by Gasteiger charge is -2.15. The fourth-order valence-corrected chi connectivity index (χ4v) is 3.76. The number of carbonyl (C=O) groups is 1. The monoisotopic (exact) mass is 336 g/mol. The van der Waals surface area contributed by atoms with Crippen LogP contribution in [0.15, 0.2) is 42.5 Å². The second kappa shape index (κ2) is 5.76. The Kier molecular flexibility index (Phi) is 3.58. The van der Waals surface area contributed by atoms with E-state index in [1.54, 1.807) is 0 Å². The molecule has 2 aromatic carbocycles. The first-order valence-corrected chi connectivity index (χ1v) is 8.54. The van der Waals surface area contributed by atoms with E-state index in [1.807, 2.05) is 56.3 Å². The Morgan fingerprint density at radius 1 is 1.21 bits per heavy atom. The fourth-order valence-electron chi connectivity index (χ4n) is 2.88. The van der Waals surface area contributed by atoms with Gasteiger partial charge in [0.15, 0.2) is 5.13 Å². The van der Waals surface area contributed by atoms with Crippen LogP contribution in [0.25, 0.3) is 11.3 Å². The van der Waals surface area contributed by atoms with Gasteiger partial charge in [-0.05, 0) is 37.6 Å². The largest absolute Gasteiger partial charge is 0.487 e. The van der Waals surface area contributed by atoms with Crippen molar-refractivity contribution in [2.45, 2.75) is 20.5 Å². The normalized spacial score (nSPS) is 12.1. The summed E-state index contributed by atoms with van der Waals surface area (Å²) in [4.78, 5) is 18.2. The van der Waals surface area contributed by atoms with E-state index in [4.69, 9.17) is 4.74 Å². The van der Waals surface area contributed by atoms with Crippen molar-refractivity contribution in [2.24, 2.45) is 0 Å². The van der Waals surface area contributed by atoms with Crippen LogP contribution in [0.4, 0.5) is 5.13 Å². The number of hydrogen-bond donors (Lipinski definition) is 1. The quantitative estimate of drug-likeness (QED) is 0.746. The van der Waals surface area contributed by atoms with Crippen LogP contribution in [0.3, 0.4) is 0 Å². The van der Waals surface area contributed by atoms with Crippen LogP contribution < -0.4 is 10.1 Å². The molecule has 0 bridgehead atoms. The Morgan fingerprint density at radius 2 is 2.04 bits per heavy atom. The third-order valence-electron chi connectivity index (χ3n) is 4.05. The van der Waals surface area contributed by atoms with Crippen LogP contribution >= 0.6 is 11.3 Å². The number of thiazole rings is 1. The lowest BCUT2D eigenvalue weighted by molar-refractivity contribution is 0.102. The number of aryl methyl sites for hydroxylation is 2. The van der Waals surface area contributed by atoms with Crippen molar-refractivity contribution in [3.8, 4) is 17.0 Å². The van der Waals surface area contributed by atoms with E-state index in [-0.39, 0.29) is 5.91 Å². The number of fused-ring (bicyclic) bond motifs is 3. The molecule has 0 aliphatic carbocycles. The van der Waals surface area contributed by atoms with Crippen molar-refractivity contribution in [3.05, 3.63) is 64.0 Å². The molecule has 2 heterocycles. The molecule has 1 aliphatic heterocycles. The number of nitrogens with one attached hydrogen (secondary N) is 1. The third kappa shape index (κ3) is 2.57. The molecule has 24 heavy (non-hydrogen) atoms. The standard InChI is InChI=1S/C19H16N2O2S/c1-11-7-8-13(12(2)9-11)18(22)21-19-20-17-14-5-3-4-6-15(14)23-10-16(17)24-19/h3-9H,10H2,1-2H3,(H,20,21,22). The Balaban J connectivity index is 1.63. The van der Waals surface area contributed by atoms with Crippen LogP contribution in [0, 0.1) is 13.8 Å². The Bertz CT molecular complexity index is 946. The second-order valence-electron chi connectivity index (χ2n) is 5.85. The van der Waals surface area contributed by atoms with E-state index in [1.165, 1.54) is 11.3 Å². The van der Waals surface area contributed by atoms with E-state index in [9.17, 15) is 4.79 Å². The highest BCUT2D eigenvalue weighted by molar-refractivity contribution is 7.16. The molecule has 5 heteroatoms. The topological polar surface area (TPSA) is 51.2 Å². The molecule has 0 saturated heterocycles. The fraction of sp³-hybridized carbons (Fsp3) is 0.158. The highest BCUT2D eigenvalue weighted by Gasteiger charge is 2.22. The minimum atomic E-state index is -0.132. The molecule has 0 radical (unpaired) electrons. The summed E-state index contributed by atoms with van der Waals surface area (Å²) in [5.41, 5.74) is 4.65. The molecule has 3 aromatic rings. The van der Waals surface area contributed by atoms with Gasteiger partial charge >= 0.3 is 0 Å². The second-order valence-corrected chi connectivity index (χ2v) is 6.93. The van der Waals surface area contributed by atoms with Gasteiger partial charge in [-0.25, -0.2) is 4.98 Å². The zero-order chi connectivity index (χ0) is 16.7. The number of ether oxygens (including phenoxy) is 1. The van der Waals surface area contributed by atoms with Crippen LogP contribution in [0.2, 0.25) is 0 Å². The van der Waals surface area contributed by atoms with Crippen molar-refractivity contribution < 1.29 is 9.53 Å². The van der Waals surface area contributed by atoms with Gasteiger partial charge in [0, 0.05) is 11.1 Å². The van der Waals surface area contributed by atoms with Gasteiger partial charge < -0.3 is 4.74 Å². The maximum absolute atomic E-state index is 12.5. The summed E-state index contributed by atoms with van der Waals surface area (Å²) in [6.07, 6.45) is 0. The van der Waals surface area contributed by atoms with Crippen molar-refractivity contribution in [2.75, 3.05) is 5.32 Å². The van der Waals surface area contributed by atoms with Crippen LogP contribution in [0.5, 0.6) is 5.75 Å². The lowest BCUT2D eigenvalue weighted by Crippen LogP contribution is -2.13. The highest BCUT2D eigenvalue weighted by atomic mass is 32.1. The maximum Gasteiger partial charge on any atom is 0.257 e. The van der Waals surface area contributed by atoms with Crippen LogP contribution in [0.1, 0.15) is 26.4 Å². The first-order chi connectivity index (χ1) is 11.6. The van der Waals surface area contributed by atoms with Gasteiger partial charge in [0.1, 0.15) is 12.4 Å². The summed E-state index contributed by atoms with van der Waals surface area (Å²) in [5.74, 6) is 0.704. The van der Waals surface area contributed by atoms with E-state index < -0.39 is 0 Å². The van der Waals surface area contributed by atoms with Crippen molar-refractivity contribution in [1.29, 1.82) is 0 Å². The maximum atomic E-state index is 12.5.